The van der Waals surface area contributed by atoms with Gasteiger partial charge in [0.2, 0.25) is 0 Å². The molecule has 6 heteroatoms. The van der Waals surface area contributed by atoms with Gasteiger partial charge >= 0.3 is 0 Å². The lowest BCUT2D eigenvalue weighted by Crippen LogP contribution is -2.36. The number of amides is 1. The highest BCUT2D eigenvalue weighted by Crippen LogP contribution is 2.27. The number of carbonyl (C=O) groups is 1. The van der Waals surface area contributed by atoms with E-state index in [1.165, 1.54) is 0 Å². The molecule has 6 nitrogen and oxygen atoms in total. The molecule has 2 aromatic carbocycles. The largest absolute Gasteiger partial charge is 0.497 e. The predicted octanol–water partition coefficient (Wildman–Crippen LogP) is 3.83. The van der Waals surface area contributed by atoms with E-state index in [1.54, 1.807) is 18.0 Å². The predicted molar refractivity (Wildman–Crippen MR) is 116 cm³/mol. The van der Waals surface area contributed by atoms with Crippen LogP contribution in [0.5, 0.6) is 5.75 Å². The number of ether oxygens (including phenoxy) is 1. The fourth-order valence-electron chi connectivity index (χ4n) is 3.96. The first-order valence-corrected chi connectivity index (χ1v) is 10.4. The summed E-state index contributed by atoms with van der Waals surface area (Å²) in [6.45, 7) is 0.471. The van der Waals surface area contributed by atoms with Crippen molar-refractivity contribution < 1.29 is 14.6 Å². The van der Waals surface area contributed by atoms with E-state index in [-0.39, 0.29) is 17.9 Å². The Kier molecular flexibility index (Phi) is 6.14. The van der Waals surface area contributed by atoms with Crippen molar-refractivity contribution >= 4 is 5.91 Å². The van der Waals surface area contributed by atoms with Gasteiger partial charge in [0.05, 0.1) is 24.5 Å². The number of aromatic nitrogens is 2. The molecule has 1 amide bonds. The summed E-state index contributed by atoms with van der Waals surface area (Å²) < 4.78 is 6.97. The van der Waals surface area contributed by atoms with Crippen molar-refractivity contribution in [1.29, 1.82) is 0 Å². The number of hydrogen-bond acceptors (Lipinski definition) is 4. The van der Waals surface area contributed by atoms with Crippen molar-refractivity contribution in [3.05, 3.63) is 66.4 Å². The highest BCUT2D eigenvalue weighted by Gasteiger charge is 2.25. The lowest BCUT2D eigenvalue weighted by molar-refractivity contribution is 0.0663. The van der Waals surface area contributed by atoms with Gasteiger partial charge < -0.3 is 15.2 Å². The van der Waals surface area contributed by atoms with Gasteiger partial charge in [-0.15, -0.1) is 0 Å². The van der Waals surface area contributed by atoms with Crippen LogP contribution >= 0.6 is 0 Å². The fourth-order valence-corrected chi connectivity index (χ4v) is 3.96. The van der Waals surface area contributed by atoms with Crippen LogP contribution in [0.3, 0.4) is 0 Å². The van der Waals surface area contributed by atoms with E-state index in [2.05, 4.69) is 5.32 Å². The molecule has 0 bridgehead atoms. The molecule has 3 aromatic rings. The Hall–Kier alpha value is -3.12. The van der Waals surface area contributed by atoms with Crippen LogP contribution in [0.4, 0.5) is 0 Å². The number of nitrogens with one attached hydrogen (secondary N) is 1. The highest BCUT2D eigenvalue weighted by atomic mass is 16.5. The van der Waals surface area contributed by atoms with E-state index in [1.807, 2.05) is 54.6 Å². The molecule has 1 aliphatic carbocycles. The molecule has 0 aliphatic heterocycles. The molecule has 156 valence electrons. The van der Waals surface area contributed by atoms with E-state index >= 15 is 0 Å². The second kappa shape index (κ2) is 9.13. The third-order valence-corrected chi connectivity index (χ3v) is 5.74. The molecule has 0 spiro atoms. The minimum absolute atomic E-state index is 0.108. The summed E-state index contributed by atoms with van der Waals surface area (Å²) in [4.78, 5) is 13.1. The standard InChI is InChI=1S/C24H27N3O3/c1-30-20-13-11-17(12-14-20)23-21(16-27(26-23)19-8-3-2-4-9-19)24(29)25-15-18-7-5-6-10-22(18)28/h2-4,8-9,11-14,16,18,22,28H,5-7,10,15H2,1H3,(H,25,29)/t18-,22+/m0/s1. The maximum atomic E-state index is 13.1. The molecular weight excluding hydrogens is 378 g/mol. The zero-order chi connectivity index (χ0) is 20.9. The third kappa shape index (κ3) is 4.39. The molecule has 0 saturated heterocycles. The Morgan fingerprint density at radius 3 is 2.57 bits per heavy atom. The summed E-state index contributed by atoms with van der Waals surface area (Å²) in [5, 5.41) is 17.9. The van der Waals surface area contributed by atoms with E-state index in [0.717, 1.165) is 42.7 Å². The van der Waals surface area contributed by atoms with Gasteiger partial charge in [0, 0.05) is 24.2 Å². The summed E-state index contributed by atoms with van der Waals surface area (Å²) in [5.74, 6) is 0.676. The zero-order valence-corrected chi connectivity index (χ0v) is 17.1. The summed E-state index contributed by atoms with van der Waals surface area (Å²) in [6.07, 6.45) is 5.32. The molecular formula is C24H27N3O3. The average molecular weight is 405 g/mol. The minimum Gasteiger partial charge on any atom is -0.497 e. The molecule has 2 atom stereocenters. The normalized spacial score (nSPS) is 18.7. The van der Waals surface area contributed by atoms with Gasteiger partial charge in [0.1, 0.15) is 11.4 Å². The van der Waals surface area contributed by atoms with Gasteiger partial charge in [-0.05, 0) is 49.2 Å². The Balaban J connectivity index is 1.62. The maximum Gasteiger partial charge on any atom is 0.255 e. The number of nitrogens with zero attached hydrogens (tertiary/aromatic N) is 2. The van der Waals surface area contributed by atoms with Crippen LogP contribution in [0.2, 0.25) is 0 Å². The molecule has 0 radical (unpaired) electrons. The van der Waals surface area contributed by atoms with E-state index in [4.69, 9.17) is 9.84 Å². The van der Waals surface area contributed by atoms with Crippen LogP contribution in [0.1, 0.15) is 36.0 Å². The first-order valence-electron chi connectivity index (χ1n) is 10.4. The summed E-state index contributed by atoms with van der Waals surface area (Å²) >= 11 is 0. The van der Waals surface area contributed by atoms with Crippen LogP contribution in [-0.2, 0) is 0 Å². The lowest BCUT2D eigenvalue weighted by Gasteiger charge is -2.27. The fraction of sp³-hybridized carbons (Fsp3) is 0.333. The summed E-state index contributed by atoms with van der Waals surface area (Å²) in [7, 11) is 1.62. The van der Waals surface area contributed by atoms with Gasteiger partial charge in [-0.25, -0.2) is 4.68 Å². The van der Waals surface area contributed by atoms with E-state index in [9.17, 15) is 9.90 Å². The second-order valence-corrected chi connectivity index (χ2v) is 7.72. The van der Waals surface area contributed by atoms with Crippen molar-refractivity contribution in [1.82, 2.24) is 15.1 Å². The molecule has 1 fully saturated rings. The first kappa shape index (κ1) is 20.2. The lowest BCUT2D eigenvalue weighted by atomic mass is 9.86. The Morgan fingerprint density at radius 2 is 1.87 bits per heavy atom. The number of aliphatic hydroxyl groups excluding tert-OH is 1. The molecule has 1 aliphatic rings. The minimum atomic E-state index is -0.341. The van der Waals surface area contributed by atoms with E-state index in [0.29, 0.717) is 17.8 Å². The van der Waals surface area contributed by atoms with Gasteiger partial charge in [-0.1, -0.05) is 31.0 Å². The van der Waals surface area contributed by atoms with E-state index < -0.39 is 0 Å². The number of aliphatic hydroxyl groups is 1. The van der Waals surface area contributed by atoms with Crippen LogP contribution < -0.4 is 10.1 Å². The maximum absolute atomic E-state index is 13.1. The molecule has 1 saturated carbocycles. The van der Waals surface area contributed by atoms with Crippen molar-refractivity contribution in [2.75, 3.05) is 13.7 Å². The van der Waals surface area contributed by atoms with Gasteiger partial charge in [0.25, 0.3) is 5.91 Å². The Labute approximate surface area is 176 Å². The molecule has 1 aromatic heterocycles. The molecule has 30 heavy (non-hydrogen) atoms. The third-order valence-electron chi connectivity index (χ3n) is 5.74. The molecule has 0 unspecified atom stereocenters. The number of para-hydroxylation sites is 1. The Morgan fingerprint density at radius 1 is 1.13 bits per heavy atom. The molecule has 1 heterocycles. The Bertz CT molecular complexity index is 983. The highest BCUT2D eigenvalue weighted by molar-refractivity contribution is 6.00. The van der Waals surface area contributed by atoms with Gasteiger partial charge in [-0.3, -0.25) is 4.79 Å². The SMILES string of the molecule is COc1ccc(-c2nn(-c3ccccc3)cc2C(=O)NC[C@@H]2CCCC[C@H]2O)cc1. The quantitative estimate of drug-likeness (QED) is 0.654. The average Bonchev–Trinajstić information content (AvgIpc) is 3.25. The van der Waals surface area contributed by atoms with Gasteiger partial charge in [-0.2, -0.15) is 5.10 Å². The molecule has 2 N–H and O–H groups in total. The number of carbonyl (C=O) groups excluding carboxylic acids is 1. The zero-order valence-electron chi connectivity index (χ0n) is 17.1. The van der Waals surface area contributed by atoms with Crippen LogP contribution in [-0.4, -0.2) is 40.6 Å². The van der Waals surface area contributed by atoms with Crippen LogP contribution in [0.25, 0.3) is 16.9 Å². The topological polar surface area (TPSA) is 76.4 Å². The smallest absolute Gasteiger partial charge is 0.255 e. The number of benzene rings is 2. The van der Waals surface area contributed by atoms with Crippen molar-refractivity contribution in [2.45, 2.75) is 31.8 Å². The van der Waals surface area contributed by atoms with Crippen molar-refractivity contribution in [2.24, 2.45) is 5.92 Å². The van der Waals surface area contributed by atoms with Crippen molar-refractivity contribution in [3.63, 3.8) is 0 Å². The first-order chi connectivity index (χ1) is 14.7. The van der Waals surface area contributed by atoms with Crippen molar-refractivity contribution in [3.8, 4) is 22.7 Å². The second-order valence-electron chi connectivity index (χ2n) is 7.72. The van der Waals surface area contributed by atoms with Gasteiger partial charge in [0.15, 0.2) is 0 Å². The molecule has 4 rings (SSSR count). The number of hydrogen-bond donors (Lipinski definition) is 2. The summed E-state index contributed by atoms with van der Waals surface area (Å²) in [5.41, 5.74) is 2.85. The number of methoxy groups -OCH3 is 1. The summed E-state index contributed by atoms with van der Waals surface area (Å²) in [6, 6.07) is 17.2. The monoisotopic (exact) mass is 405 g/mol. The van der Waals surface area contributed by atoms with Crippen LogP contribution in [0.15, 0.2) is 60.8 Å². The number of rotatable bonds is 6. The van der Waals surface area contributed by atoms with Crippen LogP contribution in [0, 0.1) is 5.92 Å².